The van der Waals surface area contributed by atoms with Gasteiger partial charge in [-0.3, -0.25) is 9.97 Å². The van der Waals surface area contributed by atoms with Gasteiger partial charge in [-0.15, -0.1) is 10.2 Å². The molecule has 0 aliphatic carbocycles. The SMILES string of the molecule is c1ccc(-c2ccc(OCc3cc4ccccc4cn3)nn2)nc1. The zero-order chi connectivity index (χ0) is 16.2. The van der Waals surface area contributed by atoms with E-state index in [9.17, 15) is 0 Å². The number of rotatable bonds is 4. The van der Waals surface area contributed by atoms with Gasteiger partial charge in [-0.2, -0.15) is 0 Å². The van der Waals surface area contributed by atoms with Gasteiger partial charge in [0.1, 0.15) is 12.3 Å². The lowest BCUT2D eigenvalue weighted by molar-refractivity contribution is 0.286. The van der Waals surface area contributed by atoms with E-state index in [1.54, 1.807) is 12.3 Å². The van der Waals surface area contributed by atoms with E-state index in [1.807, 2.05) is 54.7 Å². The Kier molecular flexibility index (Phi) is 3.81. The Labute approximate surface area is 139 Å². The lowest BCUT2D eigenvalue weighted by atomic mass is 10.1. The molecule has 0 aliphatic heterocycles. The molecule has 1 aromatic carbocycles. The molecule has 0 N–H and O–H groups in total. The first kappa shape index (κ1) is 14.3. The van der Waals surface area contributed by atoms with E-state index < -0.39 is 0 Å². The summed E-state index contributed by atoms with van der Waals surface area (Å²) in [6.07, 6.45) is 3.58. The molecule has 5 heteroatoms. The normalized spacial score (nSPS) is 10.7. The van der Waals surface area contributed by atoms with E-state index in [1.165, 1.54) is 0 Å². The Hall–Kier alpha value is -3.34. The van der Waals surface area contributed by atoms with Crippen LogP contribution < -0.4 is 4.74 Å². The standard InChI is InChI=1S/C19H14N4O/c1-2-6-15-12-21-16(11-14(15)5-1)13-24-19-9-8-18(22-23-19)17-7-3-4-10-20-17/h1-12H,13H2. The molecule has 0 atom stereocenters. The van der Waals surface area contributed by atoms with E-state index in [4.69, 9.17) is 4.74 Å². The molecule has 3 aromatic heterocycles. The molecule has 0 spiro atoms. The van der Waals surface area contributed by atoms with E-state index >= 15 is 0 Å². The van der Waals surface area contributed by atoms with Crippen molar-refractivity contribution >= 4 is 10.8 Å². The number of benzene rings is 1. The van der Waals surface area contributed by atoms with Crippen LogP contribution in [0.1, 0.15) is 5.69 Å². The quantitative estimate of drug-likeness (QED) is 0.575. The van der Waals surface area contributed by atoms with Crippen molar-refractivity contribution < 1.29 is 4.74 Å². The van der Waals surface area contributed by atoms with Gasteiger partial charge in [0, 0.05) is 23.8 Å². The number of ether oxygens (including phenoxy) is 1. The molecule has 5 nitrogen and oxygen atoms in total. The summed E-state index contributed by atoms with van der Waals surface area (Å²) in [5.74, 6) is 0.463. The van der Waals surface area contributed by atoms with Crippen LogP contribution >= 0.6 is 0 Å². The average molecular weight is 314 g/mol. The van der Waals surface area contributed by atoms with Gasteiger partial charge in [0.05, 0.1) is 11.4 Å². The van der Waals surface area contributed by atoms with Gasteiger partial charge >= 0.3 is 0 Å². The Morgan fingerprint density at radius 3 is 2.42 bits per heavy atom. The zero-order valence-electron chi connectivity index (χ0n) is 12.8. The van der Waals surface area contributed by atoms with Gasteiger partial charge < -0.3 is 4.74 Å². The minimum Gasteiger partial charge on any atom is -0.470 e. The Bertz CT molecular complexity index is 956. The molecule has 0 amide bonds. The highest BCUT2D eigenvalue weighted by Crippen LogP contribution is 2.17. The fourth-order valence-corrected chi connectivity index (χ4v) is 2.40. The maximum atomic E-state index is 5.68. The van der Waals surface area contributed by atoms with Crippen molar-refractivity contribution in [1.82, 2.24) is 20.2 Å². The van der Waals surface area contributed by atoms with E-state index in [-0.39, 0.29) is 0 Å². The van der Waals surface area contributed by atoms with Crippen molar-refractivity contribution in [2.45, 2.75) is 6.61 Å². The van der Waals surface area contributed by atoms with Crippen LogP contribution in [0.3, 0.4) is 0 Å². The van der Waals surface area contributed by atoms with Crippen LogP contribution in [0.4, 0.5) is 0 Å². The molecule has 0 saturated heterocycles. The monoisotopic (exact) mass is 314 g/mol. The van der Waals surface area contributed by atoms with Gasteiger partial charge in [0.15, 0.2) is 0 Å². The highest BCUT2D eigenvalue weighted by Gasteiger charge is 2.04. The van der Waals surface area contributed by atoms with Crippen molar-refractivity contribution in [2.24, 2.45) is 0 Å². The fraction of sp³-hybridized carbons (Fsp3) is 0.0526. The summed E-state index contributed by atoms with van der Waals surface area (Å²) in [6.45, 7) is 0.350. The van der Waals surface area contributed by atoms with Crippen molar-refractivity contribution in [2.75, 3.05) is 0 Å². The largest absolute Gasteiger partial charge is 0.470 e. The number of pyridine rings is 2. The van der Waals surface area contributed by atoms with Crippen LogP contribution in [0.25, 0.3) is 22.2 Å². The molecule has 4 aromatic rings. The first-order valence-corrected chi connectivity index (χ1v) is 7.60. The lowest BCUT2D eigenvalue weighted by Crippen LogP contribution is -2.01. The highest BCUT2D eigenvalue weighted by atomic mass is 16.5. The van der Waals surface area contributed by atoms with E-state index in [2.05, 4.69) is 26.2 Å². The third-order valence-electron chi connectivity index (χ3n) is 3.62. The lowest BCUT2D eigenvalue weighted by Gasteiger charge is -2.06. The van der Waals surface area contributed by atoms with Crippen LogP contribution in [-0.4, -0.2) is 20.2 Å². The number of hydrogen-bond donors (Lipinski definition) is 0. The Morgan fingerprint density at radius 2 is 1.62 bits per heavy atom. The first-order chi connectivity index (χ1) is 11.9. The molecular formula is C19H14N4O. The molecular weight excluding hydrogens is 300 g/mol. The maximum absolute atomic E-state index is 5.68. The van der Waals surface area contributed by atoms with Gasteiger partial charge in [-0.05, 0) is 29.7 Å². The van der Waals surface area contributed by atoms with Crippen LogP contribution in [0.5, 0.6) is 5.88 Å². The number of hydrogen-bond acceptors (Lipinski definition) is 5. The molecule has 0 unspecified atom stereocenters. The van der Waals surface area contributed by atoms with E-state index in [0.29, 0.717) is 18.2 Å². The zero-order valence-corrected chi connectivity index (χ0v) is 12.8. The smallest absolute Gasteiger partial charge is 0.233 e. The summed E-state index contributed by atoms with van der Waals surface area (Å²) in [5.41, 5.74) is 2.35. The number of aromatic nitrogens is 4. The van der Waals surface area contributed by atoms with Crippen molar-refractivity contribution in [3.8, 4) is 17.3 Å². The number of nitrogens with zero attached hydrogens (tertiary/aromatic N) is 4. The Morgan fingerprint density at radius 1 is 0.750 bits per heavy atom. The first-order valence-electron chi connectivity index (χ1n) is 7.60. The van der Waals surface area contributed by atoms with Crippen LogP contribution in [0.15, 0.2) is 73.1 Å². The van der Waals surface area contributed by atoms with Crippen molar-refractivity contribution in [3.05, 3.63) is 78.8 Å². The topological polar surface area (TPSA) is 60.8 Å². The third kappa shape index (κ3) is 3.05. The summed E-state index contributed by atoms with van der Waals surface area (Å²) in [5, 5.41) is 10.5. The maximum Gasteiger partial charge on any atom is 0.233 e. The van der Waals surface area contributed by atoms with Crippen LogP contribution in [0.2, 0.25) is 0 Å². The second kappa shape index (κ2) is 6.42. The molecule has 3 heterocycles. The molecule has 116 valence electrons. The van der Waals surface area contributed by atoms with Crippen molar-refractivity contribution in [1.29, 1.82) is 0 Å². The van der Waals surface area contributed by atoms with Gasteiger partial charge in [-0.25, -0.2) is 0 Å². The summed E-state index contributed by atoms with van der Waals surface area (Å²) in [4.78, 5) is 8.65. The summed E-state index contributed by atoms with van der Waals surface area (Å²) in [7, 11) is 0. The van der Waals surface area contributed by atoms with Gasteiger partial charge in [-0.1, -0.05) is 30.3 Å². The minimum absolute atomic E-state index is 0.350. The Balaban J connectivity index is 1.47. The predicted octanol–water partition coefficient (Wildman–Crippen LogP) is 3.67. The molecule has 0 aliphatic rings. The summed E-state index contributed by atoms with van der Waals surface area (Å²) >= 11 is 0. The second-order valence-electron chi connectivity index (χ2n) is 5.28. The molecule has 4 rings (SSSR count). The molecule has 0 saturated carbocycles. The highest BCUT2D eigenvalue weighted by molar-refractivity contribution is 5.81. The second-order valence-corrected chi connectivity index (χ2v) is 5.28. The summed E-state index contributed by atoms with van der Waals surface area (Å²) < 4.78 is 5.68. The summed E-state index contributed by atoms with van der Waals surface area (Å²) in [6, 6.07) is 19.4. The molecule has 0 bridgehead atoms. The van der Waals surface area contributed by atoms with Gasteiger partial charge in [0.2, 0.25) is 5.88 Å². The van der Waals surface area contributed by atoms with Crippen LogP contribution in [0, 0.1) is 0 Å². The van der Waals surface area contributed by atoms with Crippen molar-refractivity contribution in [3.63, 3.8) is 0 Å². The van der Waals surface area contributed by atoms with Gasteiger partial charge in [0.25, 0.3) is 0 Å². The van der Waals surface area contributed by atoms with Crippen LogP contribution in [-0.2, 0) is 6.61 Å². The molecule has 0 radical (unpaired) electrons. The van der Waals surface area contributed by atoms with E-state index in [0.717, 1.165) is 22.2 Å². The predicted molar refractivity (Wildman–Crippen MR) is 91.3 cm³/mol. The third-order valence-corrected chi connectivity index (χ3v) is 3.62. The average Bonchev–Trinajstić information content (AvgIpc) is 2.67. The number of fused-ring (bicyclic) bond motifs is 1. The fourth-order valence-electron chi connectivity index (χ4n) is 2.40. The molecule has 24 heavy (non-hydrogen) atoms. The molecule has 0 fully saturated rings. The minimum atomic E-state index is 0.350.